The summed E-state index contributed by atoms with van der Waals surface area (Å²) in [4.78, 5) is 0. The Morgan fingerprint density at radius 1 is 1.09 bits per heavy atom. The van der Waals surface area contributed by atoms with E-state index in [1.807, 2.05) is 6.92 Å². The van der Waals surface area contributed by atoms with Gasteiger partial charge in [-0.25, -0.2) is 0 Å². The Kier molecular flexibility index (Phi) is 10.8. The fourth-order valence-electron chi connectivity index (χ4n) is 2.81. The summed E-state index contributed by atoms with van der Waals surface area (Å²) in [5.74, 6) is 0. The van der Waals surface area contributed by atoms with Crippen molar-refractivity contribution in [1.29, 1.82) is 0 Å². The van der Waals surface area contributed by atoms with E-state index in [9.17, 15) is 5.11 Å². The molecular weight excluding hydrogens is 276 g/mol. The number of rotatable bonds is 13. The number of ether oxygens (including phenoxy) is 2. The van der Waals surface area contributed by atoms with E-state index in [2.05, 4.69) is 6.58 Å². The van der Waals surface area contributed by atoms with Crippen LogP contribution >= 0.6 is 0 Å². The van der Waals surface area contributed by atoms with Crippen LogP contribution in [0.3, 0.4) is 0 Å². The van der Waals surface area contributed by atoms with Crippen molar-refractivity contribution in [2.45, 2.75) is 95.9 Å². The van der Waals surface area contributed by atoms with E-state index in [0.717, 1.165) is 38.9 Å². The molecule has 1 fully saturated rings. The molecule has 1 heterocycles. The molecule has 22 heavy (non-hydrogen) atoms. The second-order valence-electron chi connectivity index (χ2n) is 6.81. The molecule has 0 saturated carbocycles. The van der Waals surface area contributed by atoms with Crippen LogP contribution in [0.2, 0.25) is 0 Å². The van der Waals surface area contributed by atoms with Gasteiger partial charge in [0.1, 0.15) is 0 Å². The first kappa shape index (κ1) is 19.7. The number of aliphatic hydroxyl groups is 1. The average Bonchev–Trinajstić information content (AvgIpc) is 2.53. The molecule has 1 rings (SSSR count). The first-order valence-electron chi connectivity index (χ1n) is 9.23. The molecule has 0 aromatic rings. The van der Waals surface area contributed by atoms with Crippen molar-refractivity contribution >= 4 is 0 Å². The molecule has 3 heteroatoms. The highest BCUT2D eigenvalue weighted by Crippen LogP contribution is 2.17. The maximum atomic E-state index is 9.80. The van der Waals surface area contributed by atoms with Crippen molar-refractivity contribution < 1.29 is 14.6 Å². The van der Waals surface area contributed by atoms with Gasteiger partial charge in [-0.3, -0.25) is 0 Å². The molecular formula is C19H36O3. The Labute approximate surface area is 137 Å². The van der Waals surface area contributed by atoms with Crippen molar-refractivity contribution in [2.24, 2.45) is 0 Å². The molecule has 1 saturated heterocycles. The van der Waals surface area contributed by atoms with E-state index in [1.165, 1.54) is 51.4 Å². The van der Waals surface area contributed by atoms with E-state index < -0.39 is 5.60 Å². The SMILES string of the molecule is C=CC(C)(O)CCCCCCCCCCOC1CCCCO1. The summed E-state index contributed by atoms with van der Waals surface area (Å²) in [5, 5.41) is 9.80. The number of unbranched alkanes of at least 4 members (excludes halogenated alkanes) is 7. The van der Waals surface area contributed by atoms with Gasteiger partial charge >= 0.3 is 0 Å². The lowest BCUT2D eigenvalue weighted by Gasteiger charge is -2.22. The highest BCUT2D eigenvalue weighted by Gasteiger charge is 2.14. The lowest BCUT2D eigenvalue weighted by atomic mass is 9.98. The summed E-state index contributed by atoms with van der Waals surface area (Å²) in [6.45, 7) is 7.21. The van der Waals surface area contributed by atoms with Gasteiger partial charge in [0.2, 0.25) is 0 Å². The van der Waals surface area contributed by atoms with E-state index >= 15 is 0 Å². The van der Waals surface area contributed by atoms with Crippen LogP contribution in [0.1, 0.15) is 84.0 Å². The largest absolute Gasteiger partial charge is 0.386 e. The third kappa shape index (κ3) is 10.4. The van der Waals surface area contributed by atoms with Gasteiger partial charge < -0.3 is 14.6 Å². The molecule has 1 aliphatic rings. The van der Waals surface area contributed by atoms with Gasteiger partial charge in [0.25, 0.3) is 0 Å². The predicted octanol–water partition coefficient (Wildman–Crippen LogP) is 4.98. The van der Waals surface area contributed by atoms with Crippen LogP contribution in [-0.4, -0.2) is 30.2 Å². The molecule has 0 aliphatic carbocycles. The van der Waals surface area contributed by atoms with Crippen LogP contribution in [0.25, 0.3) is 0 Å². The topological polar surface area (TPSA) is 38.7 Å². The van der Waals surface area contributed by atoms with Gasteiger partial charge in [-0.1, -0.05) is 51.0 Å². The quantitative estimate of drug-likeness (QED) is 0.385. The maximum Gasteiger partial charge on any atom is 0.157 e. The van der Waals surface area contributed by atoms with E-state index in [1.54, 1.807) is 6.08 Å². The highest BCUT2D eigenvalue weighted by atomic mass is 16.7. The minimum Gasteiger partial charge on any atom is -0.386 e. The molecule has 3 nitrogen and oxygen atoms in total. The van der Waals surface area contributed by atoms with Crippen molar-refractivity contribution in [2.75, 3.05) is 13.2 Å². The average molecular weight is 312 g/mol. The Morgan fingerprint density at radius 2 is 1.73 bits per heavy atom. The van der Waals surface area contributed by atoms with Gasteiger partial charge in [-0.15, -0.1) is 6.58 Å². The second kappa shape index (κ2) is 12.1. The maximum absolute atomic E-state index is 9.80. The summed E-state index contributed by atoms with van der Waals surface area (Å²) >= 11 is 0. The predicted molar refractivity (Wildman–Crippen MR) is 91.9 cm³/mol. The molecule has 2 atom stereocenters. The molecule has 130 valence electrons. The minimum absolute atomic E-state index is 0.0709. The van der Waals surface area contributed by atoms with Gasteiger partial charge in [-0.2, -0.15) is 0 Å². The summed E-state index contributed by atoms with van der Waals surface area (Å²) in [6.07, 6.45) is 16.0. The first-order chi connectivity index (χ1) is 10.6. The molecule has 0 radical (unpaired) electrons. The third-order valence-electron chi connectivity index (χ3n) is 4.46. The smallest absolute Gasteiger partial charge is 0.157 e. The van der Waals surface area contributed by atoms with Gasteiger partial charge in [-0.05, 0) is 39.0 Å². The summed E-state index contributed by atoms with van der Waals surface area (Å²) in [7, 11) is 0. The Bertz CT molecular complexity index is 270. The summed E-state index contributed by atoms with van der Waals surface area (Å²) in [5.41, 5.74) is -0.679. The van der Waals surface area contributed by atoms with Crippen LogP contribution in [-0.2, 0) is 9.47 Å². The lowest BCUT2D eigenvalue weighted by molar-refractivity contribution is -0.162. The zero-order valence-electron chi connectivity index (χ0n) is 14.5. The van der Waals surface area contributed by atoms with Crippen molar-refractivity contribution in [3.8, 4) is 0 Å². The molecule has 0 spiro atoms. The Morgan fingerprint density at radius 3 is 2.32 bits per heavy atom. The fraction of sp³-hybridized carbons (Fsp3) is 0.895. The molecule has 1 N–H and O–H groups in total. The summed E-state index contributed by atoms with van der Waals surface area (Å²) < 4.78 is 11.3. The van der Waals surface area contributed by atoms with Crippen molar-refractivity contribution in [3.05, 3.63) is 12.7 Å². The van der Waals surface area contributed by atoms with Crippen LogP contribution < -0.4 is 0 Å². The highest BCUT2D eigenvalue weighted by molar-refractivity contribution is 4.91. The van der Waals surface area contributed by atoms with Gasteiger partial charge in [0.15, 0.2) is 6.29 Å². The number of hydrogen-bond acceptors (Lipinski definition) is 3. The molecule has 1 aliphatic heterocycles. The molecule has 0 aromatic heterocycles. The van der Waals surface area contributed by atoms with Crippen LogP contribution in [0.15, 0.2) is 12.7 Å². The fourth-order valence-corrected chi connectivity index (χ4v) is 2.81. The minimum atomic E-state index is -0.679. The molecule has 0 aromatic carbocycles. The van der Waals surface area contributed by atoms with Gasteiger partial charge in [0.05, 0.1) is 5.60 Å². The zero-order chi connectivity index (χ0) is 16.1. The van der Waals surface area contributed by atoms with Crippen molar-refractivity contribution in [3.63, 3.8) is 0 Å². The van der Waals surface area contributed by atoms with Gasteiger partial charge in [0, 0.05) is 13.2 Å². The van der Waals surface area contributed by atoms with Crippen LogP contribution in [0.4, 0.5) is 0 Å². The van der Waals surface area contributed by atoms with Crippen molar-refractivity contribution in [1.82, 2.24) is 0 Å². The third-order valence-corrected chi connectivity index (χ3v) is 4.46. The Balaban J connectivity index is 1.77. The van der Waals surface area contributed by atoms with E-state index in [-0.39, 0.29) is 6.29 Å². The van der Waals surface area contributed by atoms with Crippen LogP contribution in [0.5, 0.6) is 0 Å². The zero-order valence-corrected chi connectivity index (χ0v) is 14.5. The molecule has 0 bridgehead atoms. The number of hydrogen-bond donors (Lipinski definition) is 1. The standard InChI is InChI=1S/C19H36O3/c1-3-19(2,20)15-11-8-6-4-5-7-9-12-16-21-18-14-10-13-17-22-18/h3,18,20H,1,4-17H2,2H3. The van der Waals surface area contributed by atoms with Crippen LogP contribution in [0, 0.1) is 0 Å². The van der Waals surface area contributed by atoms with E-state index in [4.69, 9.17) is 9.47 Å². The molecule has 0 amide bonds. The molecule has 2 unspecified atom stereocenters. The summed E-state index contributed by atoms with van der Waals surface area (Å²) in [6, 6.07) is 0. The normalized spacial score (nSPS) is 21.5. The second-order valence-corrected chi connectivity index (χ2v) is 6.81. The Hall–Kier alpha value is -0.380. The monoisotopic (exact) mass is 312 g/mol. The lowest BCUT2D eigenvalue weighted by Crippen LogP contribution is -2.22. The van der Waals surface area contributed by atoms with E-state index in [0.29, 0.717) is 0 Å². The first-order valence-corrected chi connectivity index (χ1v) is 9.23.